The van der Waals surface area contributed by atoms with Gasteiger partial charge < -0.3 is 9.64 Å². The molecule has 3 rings (SSSR count). The fraction of sp³-hybridized carbons (Fsp3) is 0.269. The number of carbonyl (C=O) groups excluding carboxylic acids is 2. The molecular weight excluding hydrogens is 421 g/mol. The summed E-state index contributed by atoms with van der Waals surface area (Å²) < 4.78 is 20.3. The number of halogens is 1. The summed E-state index contributed by atoms with van der Waals surface area (Å²) in [7, 11) is 1.58. The maximum absolute atomic E-state index is 13.3. The third-order valence-corrected chi connectivity index (χ3v) is 5.35. The smallest absolute Gasteiger partial charge is 0.331 e. The van der Waals surface area contributed by atoms with Gasteiger partial charge in [-0.25, -0.2) is 9.18 Å². The lowest BCUT2D eigenvalue weighted by atomic mass is 10.1. The van der Waals surface area contributed by atoms with Crippen LogP contribution in [0.2, 0.25) is 0 Å². The highest BCUT2D eigenvalue weighted by Gasteiger charge is 2.13. The van der Waals surface area contributed by atoms with Crippen LogP contribution in [-0.2, 0) is 27.4 Å². The molecule has 0 spiro atoms. The van der Waals surface area contributed by atoms with Crippen LogP contribution >= 0.6 is 0 Å². The Morgan fingerprint density at radius 1 is 1.09 bits per heavy atom. The Labute approximate surface area is 193 Å². The van der Waals surface area contributed by atoms with Crippen LogP contribution in [0.3, 0.4) is 0 Å². The summed E-state index contributed by atoms with van der Waals surface area (Å²) in [5.74, 6) is -1.36. The number of likely N-dealkylation sites (N-methyl/N-ethyl adjacent to an activating group) is 1. The Kier molecular flexibility index (Phi) is 7.77. The number of aromatic nitrogens is 2. The van der Waals surface area contributed by atoms with E-state index in [2.05, 4.69) is 29.4 Å². The molecule has 0 fully saturated rings. The fourth-order valence-corrected chi connectivity index (χ4v) is 3.41. The number of amides is 1. The summed E-state index contributed by atoms with van der Waals surface area (Å²) in [6.45, 7) is 6.35. The van der Waals surface area contributed by atoms with Crippen molar-refractivity contribution < 1.29 is 18.7 Å². The van der Waals surface area contributed by atoms with Crippen LogP contribution in [0.5, 0.6) is 0 Å². The van der Waals surface area contributed by atoms with Gasteiger partial charge in [-0.05, 0) is 50.1 Å². The number of esters is 1. The zero-order valence-electron chi connectivity index (χ0n) is 19.3. The molecule has 0 atom stereocenters. The van der Waals surface area contributed by atoms with Crippen molar-refractivity contribution in [3.63, 3.8) is 0 Å². The van der Waals surface area contributed by atoms with Crippen molar-refractivity contribution in [1.82, 2.24) is 14.7 Å². The van der Waals surface area contributed by atoms with E-state index in [1.54, 1.807) is 25.3 Å². The SMILES string of the molecule is Cc1ccc(Cn2nc(C)c(/C=C/C(=O)OCC(=O)N(C)Cc3cccc(F)c3)c2C)cc1. The van der Waals surface area contributed by atoms with E-state index in [0.29, 0.717) is 12.1 Å². The third-order valence-electron chi connectivity index (χ3n) is 5.35. The summed E-state index contributed by atoms with van der Waals surface area (Å²) in [6.07, 6.45) is 2.96. The molecule has 1 aromatic heterocycles. The average Bonchev–Trinajstić information content (AvgIpc) is 3.04. The van der Waals surface area contributed by atoms with E-state index in [9.17, 15) is 14.0 Å². The minimum atomic E-state index is -0.618. The number of hydrogen-bond donors (Lipinski definition) is 0. The van der Waals surface area contributed by atoms with Crippen molar-refractivity contribution >= 4 is 18.0 Å². The minimum absolute atomic E-state index is 0.225. The van der Waals surface area contributed by atoms with Gasteiger partial charge in [-0.2, -0.15) is 5.10 Å². The largest absolute Gasteiger partial charge is 0.452 e. The topological polar surface area (TPSA) is 64.4 Å². The number of carbonyl (C=O) groups is 2. The van der Waals surface area contributed by atoms with Crippen LogP contribution < -0.4 is 0 Å². The summed E-state index contributed by atoms with van der Waals surface area (Å²) in [5.41, 5.74) is 5.58. The summed E-state index contributed by atoms with van der Waals surface area (Å²) >= 11 is 0. The third kappa shape index (κ3) is 6.62. The molecule has 2 aromatic carbocycles. The summed E-state index contributed by atoms with van der Waals surface area (Å²) in [6, 6.07) is 14.3. The Morgan fingerprint density at radius 2 is 1.82 bits per heavy atom. The lowest BCUT2D eigenvalue weighted by Crippen LogP contribution is -2.30. The van der Waals surface area contributed by atoms with Gasteiger partial charge >= 0.3 is 5.97 Å². The number of ether oxygens (including phenoxy) is 1. The molecule has 3 aromatic rings. The predicted molar refractivity (Wildman–Crippen MR) is 125 cm³/mol. The van der Waals surface area contributed by atoms with E-state index in [-0.39, 0.29) is 24.9 Å². The Balaban J connectivity index is 1.55. The molecule has 0 radical (unpaired) electrons. The van der Waals surface area contributed by atoms with E-state index < -0.39 is 5.97 Å². The quantitative estimate of drug-likeness (QED) is 0.382. The minimum Gasteiger partial charge on any atom is -0.452 e. The van der Waals surface area contributed by atoms with E-state index in [1.807, 2.05) is 25.5 Å². The van der Waals surface area contributed by atoms with Crippen LogP contribution in [0, 0.1) is 26.6 Å². The highest BCUT2D eigenvalue weighted by atomic mass is 19.1. The van der Waals surface area contributed by atoms with Crippen molar-refractivity contribution in [2.24, 2.45) is 0 Å². The highest BCUT2D eigenvalue weighted by molar-refractivity contribution is 5.89. The van der Waals surface area contributed by atoms with Gasteiger partial charge in [0, 0.05) is 30.9 Å². The monoisotopic (exact) mass is 449 g/mol. The van der Waals surface area contributed by atoms with Gasteiger partial charge in [0.2, 0.25) is 0 Å². The molecule has 0 aliphatic carbocycles. The molecule has 6 nitrogen and oxygen atoms in total. The predicted octanol–water partition coefficient (Wildman–Crippen LogP) is 4.21. The number of nitrogens with zero attached hydrogens (tertiary/aromatic N) is 3. The van der Waals surface area contributed by atoms with Gasteiger partial charge in [-0.15, -0.1) is 0 Å². The normalized spacial score (nSPS) is 11.1. The Bertz CT molecular complexity index is 1170. The van der Waals surface area contributed by atoms with Gasteiger partial charge in [0.25, 0.3) is 5.91 Å². The van der Waals surface area contributed by atoms with Gasteiger partial charge in [0.15, 0.2) is 6.61 Å². The number of hydrogen-bond acceptors (Lipinski definition) is 4. The van der Waals surface area contributed by atoms with Gasteiger partial charge in [0.05, 0.1) is 12.2 Å². The Hall–Kier alpha value is -3.74. The molecule has 0 aliphatic rings. The second kappa shape index (κ2) is 10.7. The molecule has 0 saturated heterocycles. The standard InChI is InChI=1S/C26H28FN3O3/c1-18-8-10-21(11-9-18)16-30-20(3)24(19(2)28-30)12-13-26(32)33-17-25(31)29(4)15-22-6-5-7-23(27)14-22/h5-14H,15-17H2,1-4H3/b13-12+. The van der Waals surface area contributed by atoms with E-state index in [1.165, 1.54) is 28.7 Å². The zero-order chi connectivity index (χ0) is 24.0. The first-order chi connectivity index (χ1) is 15.7. The first-order valence-corrected chi connectivity index (χ1v) is 10.7. The second-order valence-electron chi connectivity index (χ2n) is 8.05. The van der Waals surface area contributed by atoms with Crippen molar-refractivity contribution in [1.29, 1.82) is 0 Å². The molecule has 0 saturated carbocycles. The second-order valence-corrected chi connectivity index (χ2v) is 8.05. The van der Waals surface area contributed by atoms with Crippen molar-refractivity contribution in [3.8, 4) is 0 Å². The maximum atomic E-state index is 13.3. The zero-order valence-corrected chi connectivity index (χ0v) is 19.3. The van der Waals surface area contributed by atoms with Crippen molar-refractivity contribution in [2.75, 3.05) is 13.7 Å². The molecule has 1 heterocycles. The lowest BCUT2D eigenvalue weighted by Gasteiger charge is -2.17. The van der Waals surface area contributed by atoms with Crippen molar-refractivity contribution in [2.45, 2.75) is 33.9 Å². The van der Waals surface area contributed by atoms with Crippen LogP contribution in [0.25, 0.3) is 6.08 Å². The molecular formula is C26H28FN3O3. The first kappa shape index (κ1) is 23.9. The lowest BCUT2D eigenvalue weighted by molar-refractivity contribution is -0.147. The summed E-state index contributed by atoms with van der Waals surface area (Å²) in [5, 5.41) is 4.58. The molecule has 0 aliphatic heterocycles. The molecule has 33 heavy (non-hydrogen) atoms. The van der Waals surface area contributed by atoms with E-state index >= 15 is 0 Å². The number of benzene rings is 2. The van der Waals surface area contributed by atoms with Crippen LogP contribution in [0.1, 0.15) is 33.6 Å². The first-order valence-electron chi connectivity index (χ1n) is 10.7. The molecule has 1 amide bonds. The Morgan fingerprint density at radius 3 is 2.52 bits per heavy atom. The maximum Gasteiger partial charge on any atom is 0.331 e. The molecule has 0 bridgehead atoms. The van der Waals surface area contributed by atoms with Gasteiger partial charge in [0.1, 0.15) is 5.82 Å². The number of rotatable bonds is 8. The molecule has 7 heteroatoms. The van der Waals surface area contributed by atoms with Gasteiger partial charge in [-0.3, -0.25) is 9.48 Å². The fourth-order valence-electron chi connectivity index (χ4n) is 3.41. The molecule has 172 valence electrons. The molecule has 0 unspecified atom stereocenters. The molecule has 0 N–H and O–H groups in total. The van der Waals surface area contributed by atoms with E-state index in [4.69, 9.17) is 4.74 Å². The van der Waals surface area contributed by atoms with Crippen LogP contribution in [-0.4, -0.2) is 40.2 Å². The highest BCUT2D eigenvalue weighted by Crippen LogP contribution is 2.17. The van der Waals surface area contributed by atoms with Crippen LogP contribution in [0.4, 0.5) is 4.39 Å². The van der Waals surface area contributed by atoms with Crippen LogP contribution in [0.15, 0.2) is 54.6 Å². The average molecular weight is 450 g/mol. The van der Waals surface area contributed by atoms with E-state index in [0.717, 1.165) is 22.5 Å². The summed E-state index contributed by atoms with van der Waals surface area (Å²) in [4.78, 5) is 25.8. The van der Waals surface area contributed by atoms with Crippen molar-refractivity contribution in [3.05, 3.63) is 94.1 Å². The number of aryl methyl sites for hydroxylation is 2. The van der Waals surface area contributed by atoms with Gasteiger partial charge in [-0.1, -0.05) is 42.0 Å².